The molecule has 0 saturated carbocycles. The second-order valence-corrected chi connectivity index (χ2v) is 7.97. The Morgan fingerprint density at radius 2 is 1.64 bits per heavy atom. The molecular formula is C24H21ClF3N3O2. The number of aryl methyl sites for hydroxylation is 1. The molecule has 0 aromatic heterocycles. The zero-order valence-electron chi connectivity index (χ0n) is 17.9. The molecule has 3 aromatic carbocycles. The number of likely N-dealkylation sites (N-methyl/N-ethyl adjacent to an activating group) is 1. The van der Waals surface area contributed by atoms with Gasteiger partial charge >= 0.3 is 0 Å². The SMILES string of the molecule is Cc1cc(NC(=O)c2ccc(CN(C)CC(=O)Nc3ccc(F)c(F)c3F)cc2)ccc1Cl. The van der Waals surface area contributed by atoms with Gasteiger partial charge in [-0.15, -0.1) is 0 Å². The van der Waals surface area contributed by atoms with Crippen LogP contribution >= 0.6 is 11.6 Å². The quantitative estimate of drug-likeness (QED) is 0.450. The fraction of sp³-hybridized carbons (Fsp3) is 0.167. The van der Waals surface area contributed by atoms with Gasteiger partial charge in [-0.05, 0) is 67.6 Å². The molecule has 9 heteroatoms. The summed E-state index contributed by atoms with van der Waals surface area (Å²) in [5.41, 5.74) is 2.35. The van der Waals surface area contributed by atoms with Crippen molar-refractivity contribution in [2.75, 3.05) is 24.2 Å². The van der Waals surface area contributed by atoms with Crippen LogP contribution in [0.4, 0.5) is 24.5 Å². The van der Waals surface area contributed by atoms with Gasteiger partial charge in [-0.25, -0.2) is 13.2 Å². The highest BCUT2D eigenvalue weighted by atomic mass is 35.5. The molecule has 33 heavy (non-hydrogen) atoms. The van der Waals surface area contributed by atoms with Crippen LogP contribution in [0.2, 0.25) is 5.02 Å². The number of amides is 2. The van der Waals surface area contributed by atoms with Crippen LogP contribution in [0.15, 0.2) is 54.6 Å². The molecule has 0 heterocycles. The molecule has 0 atom stereocenters. The highest BCUT2D eigenvalue weighted by Gasteiger charge is 2.16. The number of anilines is 2. The molecule has 0 unspecified atom stereocenters. The maximum Gasteiger partial charge on any atom is 0.255 e. The Kier molecular flexibility index (Phi) is 7.73. The summed E-state index contributed by atoms with van der Waals surface area (Å²) < 4.78 is 40.0. The zero-order valence-corrected chi connectivity index (χ0v) is 18.6. The minimum Gasteiger partial charge on any atom is -0.322 e. The van der Waals surface area contributed by atoms with E-state index in [1.165, 1.54) is 0 Å². The van der Waals surface area contributed by atoms with E-state index in [4.69, 9.17) is 11.6 Å². The first-order valence-electron chi connectivity index (χ1n) is 9.92. The van der Waals surface area contributed by atoms with Crippen LogP contribution in [-0.4, -0.2) is 30.3 Å². The van der Waals surface area contributed by atoms with E-state index in [1.54, 1.807) is 54.4 Å². The number of rotatable bonds is 7. The van der Waals surface area contributed by atoms with Crippen molar-refractivity contribution in [2.45, 2.75) is 13.5 Å². The molecule has 5 nitrogen and oxygen atoms in total. The number of halogens is 4. The van der Waals surface area contributed by atoms with E-state index >= 15 is 0 Å². The van der Waals surface area contributed by atoms with Crippen molar-refractivity contribution in [3.05, 3.63) is 93.8 Å². The van der Waals surface area contributed by atoms with E-state index in [1.807, 2.05) is 6.92 Å². The van der Waals surface area contributed by atoms with Crippen LogP contribution < -0.4 is 10.6 Å². The summed E-state index contributed by atoms with van der Waals surface area (Å²) in [5.74, 6) is -5.28. The standard InChI is InChI=1S/C24H21ClF3N3O2/c1-14-11-17(7-8-18(14)25)29-24(33)16-5-3-15(4-6-16)12-31(2)13-21(32)30-20-10-9-19(26)22(27)23(20)28/h3-11H,12-13H2,1-2H3,(H,29,33)(H,30,32). The minimum atomic E-state index is -1.64. The van der Waals surface area contributed by atoms with Gasteiger partial charge in [0, 0.05) is 22.8 Å². The lowest BCUT2D eigenvalue weighted by Gasteiger charge is -2.17. The molecule has 0 saturated heterocycles. The van der Waals surface area contributed by atoms with Gasteiger partial charge < -0.3 is 10.6 Å². The third kappa shape index (κ3) is 6.34. The van der Waals surface area contributed by atoms with Gasteiger partial charge in [0.05, 0.1) is 12.2 Å². The normalized spacial score (nSPS) is 10.9. The zero-order chi connectivity index (χ0) is 24.1. The lowest BCUT2D eigenvalue weighted by atomic mass is 10.1. The van der Waals surface area contributed by atoms with Crippen LogP contribution in [0.25, 0.3) is 0 Å². The van der Waals surface area contributed by atoms with Gasteiger partial charge in [-0.1, -0.05) is 23.7 Å². The average Bonchev–Trinajstić information content (AvgIpc) is 2.77. The number of carbonyl (C=O) groups is 2. The van der Waals surface area contributed by atoms with E-state index in [2.05, 4.69) is 10.6 Å². The van der Waals surface area contributed by atoms with E-state index < -0.39 is 29.0 Å². The molecule has 0 fully saturated rings. The van der Waals surface area contributed by atoms with Crippen molar-refractivity contribution in [2.24, 2.45) is 0 Å². The molecule has 0 radical (unpaired) electrons. The summed E-state index contributed by atoms with van der Waals surface area (Å²) in [6, 6.07) is 13.7. The van der Waals surface area contributed by atoms with E-state index in [0.717, 1.165) is 23.3 Å². The van der Waals surface area contributed by atoms with E-state index in [-0.39, 0.29) is 12.5 Å². The monoisotopic (exact) mass is 475 g/mol. The number of carbonyl (C=O) groups excluding carboxylic acids is 2. The van der Waals surface area contributed by atoms with Crippen molar-refractivity contribution >= 4 is 34.8 Å². The highest BCUT2D eigenvalue weighted by Crippen LogP contribution is 2.21. The summed E-state index contributed by atoms with van der Waals surface area (Å²) in [5, 5.41) is 5.65. The lowest BCUT2D eigenvalue weighted by molar-refractivity contribution is -0.117. The molecule has 0 aliphatic carbocycles. The molecule has 0 bridgehead atoms. The van der Waals surface area contributed by atoms with Crippen LogP contribution in [-0.2, 0) is 11.3 Å². The van der Waals surface area contributed by atoms with Gasteiger partial charge in [-0.3, -0.25) is 14.5 Å². The Balaban J connectivity index is 1.54. The number of hydrogen-bond donors (Lipinski definition) is 2. The number of hydrogen-bond acceptors (Lipinski definition) is 3. The van der Waals surface area contributed by atoms with Crippen LogP contribution in [0.1, 0.15) is 21.5 Å². The van der Waals surface area contributed by atoms with Crippen molar-refractivity contribution < 1.29 is 22.8 Å². The third-order valence-electron chi connectivity index (χ3n) is 4.81. The maximum atomic E-state index is 13.7. The molecule has 2 N–H and O–H groups in total. The second-order valence-electron chi connectivity index (χ2n) is 7.56. The summed E-state index contributed by atoms with van der Waals surface area (Å²) in [4.78, 5) is 26.2. The minimum absolute atomic E-state index is 0.114. The third-order valence-corrected chi connectivity index (χ3v) is 5.23. The van der Waals surface area contributed by atoms with Gasteiger partial charge in [0.2, 0.25) is 5.91 Å². The van der Waals surface area contributed by atoms with E-state index in [0.29, 0.717) is 22.8 Å². The lowest BCUT2D eigenvalue weighted by Crippen LogP contribution is -2.30. The van der Waals surface area contributed by atoms with Crippen LogP contribution in [0.3, 0.4) is 0 Å². The average molecular weight is 476 g/mol. The van der Waals surface area contributed by atoms with Crippen molar-refractivity contribution in [1.82, 2.24) is 4.90 Å². The molecule has 3 rings (SSSR count). The van der Waals surface area contributed by atoms with Crippen molar-refractivity contribution in [3.63, 3.8) is 0 Å². The Bertz CT molecular complexity index is 1190. The Labute approximate surface area is 194 Å². The molecule has 2 amide bonds. The number of benzene rings is 3. The summed E-state index contributed by atoms with van der Waals surface area (Å²) >= 11 is 6.00. The van der Waals surface area contributed by atoms with Gasteiger partial charge in [0.15, 0.2) is 17.5 Å². The predicted molar refractivity (Wildman–Crippen MR) is 122 cm³/mol. The first kappa shape index (κ1) is 24.3. The molecular weight excluding hydrogens is 455 g/mol. The Hall–Kier alpha value is -3.36. The summed E-state index contributed by atoms with van der Waals surface area (Å²) in [6.45, 7) is 2.10. The summed E-state index contributed by atoms with van der Waals surface area (Å²) in [7, 11) is 1.67. The fourth-order valence-corrected chi connectivity index (χ4v) is 3.23. The topological polar surface area (TPSA) is 61.4 Å². The molecule has 3 aromatic rings. The number of nitrogens with one attached hydrogen (secondary N) is 2. The van der Waals surface area contributed by atoms with Crippen LogP contribution in [0, 0.1) is 24.4 Å². The highest BCUT2D eigenvalue weighted by molar-refractivity contribution is 6.31. The fourth-order valence-electron chi connectivity index (χ4n) is 3.11. The van der Waals surface area contributed by atoms with Crippen LogP contribution in [0.5, 0.6) is 0 Å². The van der Waals surface area contributed by atoms with Gasteiger partial charge in [-0.2, -0.15) is 0 Å². The first-order chi connectivity index (χ1) is 15.6. The predicted octanol–water partition coefficient (Wildman–Crippen LogP) is 5.39. The van der Waals surface area contributed by atoms with Crippen molar-refractivity contribution in [3.8, 4) is 0 Å². The second kappa shape index (κ2) is 10.5. The Morgan fingerprint density at radius 1 is 0.939 bits per heavy atom. The molecule has 172 valence electrons. The molecule has 0 aliphatic rings. The maximum absolute atomic E-state index is 13.7. The first-order valence-corrected chi connectivity index (χ1v) is 10.3. The Morgan fingerprint density at radius 3 is 2.30 bits per heavy atom. The molecule has 0 spiro atoms. The smallest absolute Gasteiger partial charge is 0.255 e. The number of nitrogens with zero attached hydrogens (tertiary/aromatic N) is 1. The summed E-state index contributed by atoms with van der Waals surface area (Å²) in [6.07, 6.45) is 0. The van der Waals surface area contributed by atoms with Gasteiger partial charge in [0.1, 0.15) is 0 Å². The van der Waals surface area contributed by atoms with E-state index in [9.17, 15) is 22.8 Å². The molecule has 0 aliphatic heterocycles. The van der Waals surface area contributed by atoms with Crippen molar-refractivity contribution in [1.29, 1.82) is 0 Å². The van der Waals surface area contributed by atoms with Gasteiger partial charge in [0.25, 0.3) is 5.91 Å². The largest absolute Gasteiger partial charge is 0.322 e.